The average molecular weight is 358 g/mol. The van der Waals surface area contributed by atoms with E-state index in [4.69, 9.17) is 0 Å². The second-order valence-electron chi connectivity index (χ2n) is 6.95. The summed E-state index contributed by atoms with van der Waals surface area (Å²) in [4.78, 5) is 18.6. The van der Waals surface area contributed by atoms with Gasteiger partial charge in [0.25, 0.3) is 0 Å². The summed E-state index contributed by atoms with van der Waals surface area (Å²) in [6.45, 7) is 11.6. The van der Waals surface area contributed by atoms with Crippen LogP contribution >= 0.6 is 11.3 Å². The van der Waals surface area contributed by atoms with Gasteiger partial charge in [-0.1, -0.05) is 23.8 Å². The molecule has 4 nitrogen and oxygen atoms in total. The molecule has 1 saturated heterocycles. The Morgan fingerprint density at radius 2 is 1.72 bits per heavy atom. The summed E-state index contributed by atoms with van der Waals surface area (Å²) in [5, 5.41) is 5.24. The number of amides is 1. The zero-order chi connectivity index (χ0) is 17.8. The predicted octanol–water partition coefficient (Wildman–Crippen LogP) is 3.43. The van der Waals surface area contributed by atoms with Gasteiger partial charge in [-0.25, -0.2) is 0 Å². The Hall–Kier alpha value is -1.69. The number of rotatable bonds is 5. The minimum atomic E-state index is 0.0850. The molecule has 1 aliphatic heterocycles. The van der Waals surface area contributed by atoms with Crippen LogP contribution < -0.4 is 5.32 Å². The van der Waals surface area contributed by atoms with Crippen LogP contribution in [0.25, 0.3) is 0 Å². The minimum absolute atomic E-state index is 0.0850. The maximum Gasteiger partial charge on any atom is 0.238 e. The average Bonchev–Trinajstić information content (AvgIpc) is 3.06. The predicted molar refractivity (Wildman–Crippen MR) is 105 cm³/mol. The number of anilines is 1. The van der Waals surface area contributed by atoms with Gasteiger partial charge in [0, 0.05) is 43.3 Å². The van der Waals surface area contributed by atoms with E-state index in [1.807, 2.05) is 11.3 Å². The van der Waals surface area contributed by atoms with Gasteiger partial charge in [-0.2, -0.15) is 0 Å². The number of carbonyl (C=O) groups is 1. The Bertz CT molecular complexity index is 696. The third-order valence-electron chi connectivity index (χ3n) is 4.73. The summed E-state index contributed by atoms with van der Waals surface area (Å²) in [7, 11) is 0. The van der Waals surface area contributed by atoms with Crippen molar-refractivity contribution >= 4 is 22.9 Å². The highest BCUT2D eigenvalue weighted by Gasteiger charge is 2.19. The van der Waals surface area contributed by atoms with Crippen LogP contribution in [0.1, 0.15) is 21.6 Å². The highest BCUT2D eigenvalue weighted by molar-refractivity contribution is 7.09. The smallest absolute Gasteiger partial charge is 0.238 e. The molecule has 134 valence electrons. The SMILES string of the molecule is Cc1cc(C)c(NC(=O)CN2CCN(Cc3cccs3)CC2)c(C)c1. The largest absolute Gasteiger partial charge is 0.324 e. The fourth-order valence-corrected chi connectivity index (χ4v) is 4.23. The molecule has 1 aromatic carbocycles. The molecule has 25 heavy (non-hydrogen) atoms. The van der Waals surface area contributed by atoms with Gasteiger partial charge in [0.2, 0.25) is 5.91 Å². The summed E-state index contributed by atoms with van der Waals surface area (Å²) in [6.07, 6.45) is 0. The number of benzene rings is 1. The lowest BCUT2D eigenvalue weighted by atomic mass is 10.1. The van der Waals surface area contributed by atoms with E-state index in [0.29, 0.717) is 6.54 Å². The van der Waals surface area contributed by atoms with E-state index in [2.05, 4.69) is 65.5 Å². The molecule has 2 heterocycles. The first kappa shape index (κ1) is 18.1. The van der Waals surface area contributed by atoms with Crippen LogP contribution in [0.3, 0.4) is 0 Å². The molecular formula is C20H27N3OS. The molecule has 1 aromatic heterocycles. The van der Waals surface area contributed by atoms with Crippen LogP contribution in [0.5, 0.6) is 0 Å². The van der Waals surface area contributed by atoms with E-state index >= 15 is 0 Å². The molecular weight excluding hydrogens is 330 g/mol. The van der Waals surface area contributed by atoms with Crippen molar-refractivity contribution in [1.82, 2.24) is 9.80 Å². The topological polar surface area (TPSA) is 35.6 Å². The second kappa shape index (κ2) is 8.13. The van der Waals surface area contributed by atoms with Crippen LogP contribution in [0.4, 0.5) is 5.69 Å². The molecule has 0 unspecified atom stereocenters. The van der Waals surface area contributed by atoms with Gasteiger partial charge in [0.05, 0.1) is 6.54 Å². The minimum Gasteiger partial charge on any atom is -0.324 e. The molecule has 1 aliphatic rings. The van der Waals surface area contributed by atoms with Gasteiger partial charge in [-0.15, -0.1) is 11.3 Å². The Morgan fingerprint density at radius 1 is 1.08 bits per heavy atom. The molecule has 1 N–H and O–H groups in total. The number of carbonyl (C=O) groups excluding carboxylic acids is 1. The number of nitrogens with zero attached hydrogens (tertiary/aromatic N) is 2. The summed E-state index contributed by atoms with van der Waals surface area (Å²) in [5.41, 5.74) is 4.46. The van der Waals surface area contributed by atoms with E-state index < -0.39 is 0 Å². The third-order valence-corrected chi connectivity index (χ3v) is 5.59. The molecule has 1 fully saturated rings. The van der Waals surface area contributed by atoms with E-state index in [0.717, 1.165) is 49.5 Å². The molecule has 0 radical (unpaired) electrons. The lowest BCUT2D eigenvalue weighted by molar-refractivity contribution is -0.117. The molecule has 0 aliphatic carbocycles. The Balaban J connectivity index is 1.48. The van der Waals surface area contributed by atoms with Crippen LogP contribution in [-0.2, 0) is 11.3 Å². The Kier molecular flexibility index (Phi) is 5.89. The monoisotopic (exact) mass is 357 g/mol. The van der Waals surface area contributed by atoms with Crippen LogP contribution in [-0.4, -0.2) is 48.4 Å². The van der Waals surface area contributed by atoms with Gasteiger partial charge in [0.1, 0.15) is 0 Å². The number of aryl methyl sites for hydroxylation is 3. The van der Waals surface area contributed by atoms with Crippen molar-refractivity contribution in [2.45, 2.75) is 27.3 Å². The molecule has 0 spiro atoms. The standard InChI is InChI=1S/C20H27N3OS/c1-15-11-16(2)20(17(3)12-15)21-19(24)14-23-8-6-22(7-9-23)13-18-5-4-10-25-18/h4-5,10-12H,6-9,13-14H2,1-3H3,(H,21,24). The fourth-order valence-electron chi connectivity index (χ4n) is 3.49. The fraction of sp³-hybridized carbons (Fsp3) is 0.450. The zero-order valence-corrected chi connectivity index (χ0v) is 16.2. The van der Waals surface area contributed by atoms with Crippen molar-refractivity contribution in [3.8, 4) is 0 Å². The van der Waals surface area contributed by atoms with Crippen LogP contribution in [0, 0.1) is 20.8 Å². The molecule has 2 aromatic rings. The summed E-state index contributed by atoms with van der Waals surface area (Å²) >= 11 is 1.81. The zero-order valence-electron chi connectivity index (χ0n) is 15.3. The number of hydrogen-bond acceptors (Lipinski definition) is 4. The first-order chi connectivity index (χ1) is 12.0. The Labute approximate surface area is 154 Å². The van der Waals surface area contributed by atoms with Crippen molar-refractivity contribution in [2.24, 2.45) is 0 Å². The van der Waals surface area contributed by atoms with E-state index in [9.17, 15) is 4.79 Å². The number of nitrogens with one attached hydrogen (secondary N) is 1. The number of hydrogen-bond donors (Lipinski definition) is 1. The maximum absolute atomic E-state index is 12.4. The molecule has 1 amide bonds. The number of thiophene rings is 1. The van der Waals surface area contributed by atoms with Gasteiger partial charge in [-0.05, 0) is 43.3 Å². The van der Waals surface area contributed by atoms with Crippen molar-refractivity contribution in [1.29, 1.82) is 0 Å². The highest BCUT2D eigenvalue weighted by Crippen LogP contribution is 2.22. The lowest BCUT2D eigenvalue weighted by Crippen LogP contribution is -2.48. The van der Waals surface area contributed by atoms with Crippen molar-refractivity contribution in [2.75, 3.05) is 38.0 Å². The molecule has 0 atom stereocenters. The van der Waals surface area contributed by atoms with E-state index in [1.165, 1.54) is 10.4 Å². The number of piperazine rings is 1. The summed E-state index contributed by atoms with van der Waals surface area (Å²) in [5.74, 6) is 0.0850. The second-order valence-corrected chi connectivity index (χ2v) is 7.99. The maximum atomic E-state index is 12.4. The summed E-state index contributed by atoms with van der Waals surface area (Å²) in [6, 6.07) is 8.53. The lowest BCUT2D eigenvalue weighted by Gasteiger charge is -2.34. The first-order valence-electron chi connectivity index (χ1n) is 8.86. The van der Waals surface area contributed by atoms with E-state index in [1.54, 1.807) is 0 Å². The van der Waals surface area contributed by atoms with Crippen LogP contribution in [0.15, 0.2) is 29.6 Å². The van der Waals surface area contributed by atoms with Gasteiger partial charge in [0.15, 0.2) is 0 Å². The highest BCUT2D eigenvalue weighted by atomic mass is 32.1. The van der Waals surface area contributed by atoms with Crippen LogP contribution in [0.2, 0.25) is 0 Å². The van der Waals surface area contributed by atoms with E-state index in [-0.39, 0.29) is 5.91 Å². The molecule has 5 heteroatoms. The van der Waals surface area contributed by atoms with Crippen molar-refractivity contribution < 1.29 is 4.79 Å². The van der Waals surface area contributed by atoms with Gasteiger partial charge >= 0.3 is 0 Å². The Morgan fingerprint density at radius 3 is 2.32 bits per heavy atom. The third kappa shape index (κ3) is 4.91. The first-order valence-corrected chi connectivity index (χ1v) is 9.74. The summed E-state index contributed by atoms with van der Waals surface area (Å²) < 4.78 is 0. The normalized spacial score (nSPS) is 16.1. The molecule has 0 saturated carbocycles. The van der Waals surface area contributed by atoms with Crippen molar-refractivity contribution in [3.05, 3.63) is 51.2 Å². The quantitative estimate of drug-likeness (QED) is 0.890. The van der Waals surface area contributed by atoms with Gasteiger partial charge < -0.3 is 5.32 Å². The van der Waals surface area contributed by atoms with Crippen molar-refractivity contribution in [3.63, 3.8) is 0 Å². The van der Waals surface area contributed by atoms with Gasteiger partial charge in [-0.3, -0.25) is 14.6 Å². The molecule has 0 bridgehead atoms. The molecule has 3 rings (SSSR count).